The van der Waals surface area contributed by atoms with Gasteiger partial charge in [0.25, 0.3) is 0 Å². The van der Waals surface area contributed by atoms with Gasteiger partial charge < -0.3 is 15.0 Å². The maximum Gasteiger partial charge on any atom is 0.225 e. The highest BCUT2D eigenvalue weighted by atomic mass is 16.5. The minimum absolute atomic E-state index is 0.0252. The molecule has 23 heavy (non-hydrogen) atoms. The van der Waals surface area contributed by atoms with Crippen LogP contribution in [0.4, 0.5) is 5.95 Å². The molecule has 0 aromatic carbocycles. The third-order valence-electron chi connectivity index (χ3n) is 4.46. The number of carbonyl (C=O) groups excluding carboxylic acids is 1. The number of hydrogen-bond donors (Lipinski definition) is 1. The van der Waals surface area contributed by atoms with Crippen LogP contribution in [0.25, 0.3) is 0 Å². The summed E-state index contributed by atoms with van der Waals surface area (Å²) in [7, 11) is 0. The summed E-state index contributed by atoms with van der Waals surface area (Å²) in [5.41, 5.74) is 0. The van der Waals surface area contributed by atoms with Crippen LogP contribution in [0, 0.1) is 5.92 Å². The third-order valence-corrected chi connectivity index (χ3v) is 4.46. The summed E-state index contributed by atoms with van der Waals surface area (Å²) >= 11 is 0. The van der Waals surface area contributed by atoms with Gasteiger partial charge in [0.05, 0.1) is 19.1 Å². The van der Waals surface area contributed by atoms with E-state index in [4.69, 9.17) is 4.74 Å². The molecule has 2 saturated heterocycles. The van der Waals surface area contributed by atoms with E-state index in [0.29, 0.717) is 13.1 Å². The van der Waals surface area contributed by atoms with Gasteiger partial charge in [-0.05, 0) is 18.9 Å². The largest absolute Gasteiger partial charge is 0.379 e. The highest BCUT2D eigenvalue weighted by molar-refractivity contribution is 5.79. The number of anilines is 1. The molecular formula is C16H25N5O2. The fourth-order valence-corrected chi connectivity index (χ4v) is 3.13. The maximum atomic E-state index is 12.4. The van der Waals surface area contributed by atoms with Gasteiger partial charge in [0.2, 0.25) is 11.9 Å². The van der Waals surface area contributed by atoms with Gasteiger partial charge in [-0.3, -0.25) is 9.69 Å². The van der Waals surface area contributed by atoms with E-state index in [1.54, 1.807) is 12.4 Å². The molecule has 0 radical (unpaired) electrons. The number of ether oxygens (including phenoxy) is 1. The predicted molar refractivity (Wildman–Crippen MR) is 87.2 cm³/mol. The standard InChI is InChI=1S/C16H25N5O2/c22-15(17-6-8-20-9-11-23-12-10-20)14-3-1-7-21(13-14)16-18-4-2-5-19-16/h2,4-5,14H,1,3,6-13H2,(H,17,22)/t14-/m0/s1. The molecule has 3 heterocycles. The molecule has 1 aromatic rings. The summed E-state index contributed by atoms with van der Waals surface area (Å²) < 4.78 is 5.33. The number of nitrogens with one attached hydrogen (secondary N) is 1. The molecule has 126 valence electrons. The lowest BCUT2D eigenvalue weighted by Gasteiger charge is -2.32. The second kappa shape index (κ2) is 8.21. The summed E-state index contributed by atoms with van der Waals surface area (Å²) in [6.07, 6.45) is 5.43. The molecule has 0 spiro atoms. The molecule has 3 rings (SSSR count). The highest BCUT2D eigenvalue weighted by Gasteiger charge is 2.26. The molecule has 1 N–H and O–H groups in total. The zero-order valence-corrected chi connectivity index (χ0v) is 13.5. The van der Waals surface area contributed by atoms with Crippen molar-refractivity contribution < 1.29 is 9.53 Å². The minimum Gasteiger partial charge on any atom is -0.379 e. The topological polar surface area (TPSA) is 70.6 Å². The number of hydrogen-bond acceptors (Lipinski definition) is 6. The van der Waals surface area contributed by atoms with Crippen LogP contribution in [0.3, 0.4) is 0 Å². The van der Waals surface area contributed by atoms with E-state index < -0.39 is 0 Å². The number of morpholine rings is 1. The summed E-state index contributed by atoms with van der Waals surface area (Å²) in [6, 6.07) is 1.81. The number of carbonyl (C=O) groups is 1. The summed E-state index contributed by atoms with van der Waals surface area (Å²) in [5.74, 6) is 0.898. The van der Waals surface area contributed by atoms with Crippen LogP contribution >= 0.6 is 0 Å². The molecule has 0 bridgehead atoms. The lowest BCUT2D eigenvalue weighted by atomic mass is 9.97. The number of rotatable bonds is 5. The van der Waals surface area contributed by atoms with Crippen LogP contribution in [0.1, 0.15) is 12.8 Å². The third kappa shape index (κ3) is 4.62. The zero-order valence-electron chi connectivity index (χ0n) is 13.5. The number of piperidine rings is 1. The van der Waals surface area contributed by atoms with E-state index in [9.17, 15) is 4.79 Å². The van der Waals surface area contributed by atoms with Crippen LogP contribution in [-0.2, 0) is 9.53 Å². The fourth-order valence-electron chi connectivity index (χ4n) is 3.13. The second-order valence-electron chi connectivity index (χ2n) is 6.08. The first-order valence-corrected chi connectivity index (χ1v) is 8.43. The Bertz CT molecular complexity index is 493. The van der Waals surface area contributed by atoms with Crippen molar-refractivity contribution in [3.8, 4) is 0 Å². The lowest BCUT2D eigenvalue weighted by Crippen LogP contribution is -2.46. The number of amides is 1. The monoisotopic (exact) mass is 319 g/mol. The Hall–Kier alpha value is -1.73. The Morgan fingerprint density at radius 3 is 2.83 bits per heavy atom. The van der Waals surface area contributed by atoms with Gasteiger partial charge in [-0.25, -0.2) is 9.97 Å². The number of aromatic nitrogens is 2. The maximum absolute atomic E-state index is 12.4. The zero-order chi connectivity index (χ0) is 15.9. The Labute approximate surface area is 137 Å². The molecule has 2 fully saturated rings. The van der Waals surface area contributed by atoms with Crippen molar-refractivity contribution >= 4 is 11.9 Å². The van der Waals surface area contributed by atoms with Gasteiger partial charge in [0, 0.05) is 51.7 Å². The molecule has 7 nitrogen and oxygen atoms in total. The molecule has 2 aliphatic rings. The molecule has 0 saturated carbocycles. The molecule has 0 aliphatic carbocycles. The first-order valence-electron chi connectivity index (χ1n) is 8.43. The van der Waals surface area contributed by atoms with Crippen molar-refractivity contribution in [2.45, 2.75) is 12.8 Å². The molecule has 0 unspecified atom stereocenters. The van der Waals surface area contributed by atoms with Crippen molar-refractivity contribution in [3.63, 3.8) is 0 Å². The summed E-state index contributed by atoms with van der Waals surface area (Å²) in [4.78, 5) is 25.4. The van der Waals surface area contributed by atoms with Crippen molar-refractivity contribution in [2.24, 2.45) is 5.92 Å². The van der Waals surface area contributed by atoms with Gasteiger partial charge in [-0.15, -0.1) is 0 Å². The minimum atomic E-state index is 0.0252. The average molecular weight is 319 g/mol. The van der Waals surface area contributed by atoms with Crippen molar-refractivity contribution in [2.75, 3.05) is 57.4 Å². The second-order valence-corrected chi connectivity index (χ2v) is 6.08. The Morgan fingerprint density at radius 1 is 1.26 bits per heavy atom. The lowest BCUT2D eigenvalue weighted by molar-refractivity contribution is -0.125. The fraction of sp³-hybridized carbons (Fsp3) is 0.688. The highest BCUT2D eigenvalue weighted by Crippen LogP contribution is 2.19. The molecular weight excluding hydrogens is 294 g/mol. The SMILES string of the molecule is O=C(NCCN1CCOCC1)[C@H]1CCCN(c2ncccn2)C1. The van der Waals surface area contributed by atoms with E-state index >= 15 is 0 Å². The van der Waals surface area contributed by atoms with Crippen molar-refractivity contribution in [3.05, 3.63) is 18.5 Å². The molecule has 7 heteroatoms. The van der Waals surface area contributed by atoms with E-state index in [0.717, 1.165) is 58.2 Å². The van der Waals surface area contributed by atoms with Gasteiger partial charge in [-0.1, -0.05) is 0 Å². The number of nitrogens with zero attached hydrogens (tertiary/aromatic N) is 4. The smallest absolute Gasteiger partial charge is 0.225 e. The molecule has 1 aromatic heterocycles. The van der Waals surface area contributed by atoms with Gasteiger partial charge >= 0.3 is 0 Å². The van der Waals surface area contributed by atoms with Gasteiger partial charge in [0.15, 0.2) is 0 Å². The van der Waals surface area contributed by atoms with Crippen LogP contribution in [-0.4, -0.2) is 73.3 Å². The molecule has 1 atom stereocenters. The molecule has 1 amide bonds. The predicted octanol–water partition coefficient (Wildman–Crippen LogP) is 0.141. The van der Waals surface area contributed by atoms with Crippen LogP contribution in [0.5, 0.6) is 0 Å². The van der Waals surface area contributed by atoms with Crippen molar-refractivity contribution in [1.82, 2.24) is 20.2 Å². The molecule has 2 aliphatic heterocycles. The summed E-state index contributed by atoms with van der Waals surface area (Å²) in [5, 5.41) is 3.08. The van der Waals surface area contributed by atoms with E-state index in [2.05, 4.69) is 25.1 Å². The van der Waals surface area contributed by atoms with Crippen LogP contribution in [0.15, 0.2) is 18.5 Å². The first-order chi connectivity index (χ1) is 11.3. The van der Waals surface area contributed by atoms with Gasteiger partial charge in [-0.2, -0.15) is 0 Å². The quantitative estimate of drug-likeness (QED) is 0.832. The van der Waals surface area contributed by atoms with E-state index in [-0.39, 0.29) is 11.8 Å². The first kappa shape index (κ1) is 16.1. The normalized spacial score (nSPS) is 22.8. The van der Waals surface area contributed by atoms with E-state index in [1.165, 1.54) is 0 Å². The van der Waals surface area contributed by atoms with Crippen LogP contribution < -0.4 is 10.2 Å². The Balaban J connectivity index is 1.43. The summed E-state index contributed by atoms with van der Waals surface area (Å²) in [6.45, 7) is 6.72. The Morgan fingerprint density at radius 2 is 2.04 bits per heavy atom. The van der Waals surface area contributed by atoms with Gasteiger partial charge in [0.1, 0.15) is 0 Å². The average Bonchev–Trinajstić information content (AvgIpc) is 2.63. The van der Waals surface area contributed by atoms with Crippen molar-refractivity contribution in [1.29, 1.82) is 0 Å². The Kier molecular flexibility index (Phi) is 5.76. The van der Waals surface area contributed by atoms with Crippen LogP contribution in [0.2, 0.25) is 0 Å². The van der Waals surface area contributed by atoms with E-state index in [1.807, 2.05) is 6.07 Å².